The molecule has 0 aliphatic heterocycles. The van der Waals surface area contributed by atoms with Gasteiger partial charge in [-0.1, -0.05) is 42.5 Å². The van der Waals surface area contributed by atoms with Gasteiger partial charge in [-0.25, -0.2) is 0 Å². The van der Waals surface area contributed by atoms with Gasteiger partial charge >= 0.3 is 0 Å². The quantitative estimate of drug-likeness (QED) is 0.482. The van der Waals surface area contributed by atoms with Gasteiger partial charge in [0.15, 0.2) is 0 Å². The molecule has 0 saturated heterocycles. The molecule has 0 unspecified atom stereocenters. The first kappa shape index (κ1) is 12.4. The molecule has 2 aromatic carbocycles. The van der Waals surface area contributed by atoms with E-state index in [1.165, 1.54) is 16.3 Å². The van der Waals surface area contributed by atoms with Crippen LogP contribution in [-0.2, 0) is 7.05 Å². The second kappa shape index (κ2) is 5.53. The maximum atomic E-state index is 4.18. The van der Waals surface area contributed by atoms with Gasteiger partial charge < -0.3 is 0 Å². The Bertz CT molecular complexity index is 768. The van der Waals surface area contributed by atoms with Crippen molar-refractivity contribution >= 4 is 21.8 Å². The Morgan fingerprint density at radius 1 is 0.800 bits per heavy atom. The van der Waals surface area contributed by atoms with Gasteiger partial charge in [-0.2, -0.15) is 5.10 Å². The number of rotatable bonds is 0. The number of para-hydroxylation sites is 2. The van der Waals surface area contributed by atoms with Gasteiger partial charge in [0.25, 0.3) is 0 Å². The lowest BCUT2D eigenvalue weighted by atomic mass is 10.2. The summed E-state index contributed by atoms with van der Waals surface area (Å²) in [5.41, 5.74) is 2.24. The van der Waals surface area contributed by atoms with E-state index in [2.05, 4.69) is 34.3 Å². The molecular weight excluding hydrogens is 246 g/mol. The summed E-state index contributed by atoms with van der Waals surface area (Å²) in [5, 5.41) is 6.51. The Hall–Kier alpha value is -2.68. The van der Waals surface area contributed by atoms with Crippen LogP contribution in [-0.4, -0.2) is 14.8 Å². The maximum Gasteiger partial charge on any atom is 0.0701 e. The summed E-state index contributed by atoms with van der Waals surface area (Å²) in [5.74, 6) is 0. The van der Waals surface area contributed by atoms with Gasteiger partial charge in [0.1, 0.15) is 0 Å². The molecule has 2 aromatic heterocycles. The van der Waals surface area contributed by atoms with Crippen molar-refractivity contribution in [1.29, 1.82) is 0 Å². The summed E-state index contributed by atoms with van der Waals surface area (Å²) in [6.45, 7) is 0. The van der Waals surface area contributed by atoms with Gasteiger partial charge in [0.2, 0.25) is 0 Å². The van der Waals surface area contributed by atoms with E-state index in [0.717, 1.165) is 5.52 Å². The minimum absolute atomic E-state index is 1.06. The molecule has 0 aliphatic carbocycles. The lowest BCUT2D eigenvalue weighted by Gasteiger charge is -1.91. The molecule has 0 atom stereocenters. The normalized spacial score (nSPS) is 10.2. The van der Waals surface area contributed by atoms with E-state index < -0.39 is 0 Å². The number of aromatic nitrogens is 3. The van der Waals surface area contributed by atoms with Crippen LogP contribution in [0.1, 0.15) is 0 Å². The molecule has 4 aromatic rings. The zero-order valence-corrected chi connectivity index (χ0v) is 11.3. The zero-order valence-electron chi connectivity index (χ0n) is 11.3. The van der Waals surface area contributed by atoms with Crippen LogP contribution in [0, 0.1) is 0 Å². The number of benzene rings is 2. The van der Waals surface area contributed by atoms with Crippen LogP contribution < -0.4 is 0 Å². The second-order valence-electron chi connectivity index (χ2n) is 4.52. The molecule has 2 heterocycles. The molecule has 0 radical (unpaired) electrons. The summed E-state index contributed by atoms with van der Waals surface area (Å²) in [6, 6.07) is 20.2. The third kappa shape index (κ3) is 2.52. The summed E-state index contributed by atoms with van der Waals surface area (Å²) >= 11 is 0. The summed E-state index contributed by atoms with van der Waals surface area (Å²) in [6.07, 6.45) is 3.68. The molecule has 0 bridgehead atoms. The Morgan fingerprint density at radius 3 is 2.30 bits per heavy atom. The predicted molar refractivity (Wildman–Crippen MR) is 82.5 cm³/mol. The van der Waals surface area contributed by atoms with Crippen molar-refractivity contribution in [1.82, 2.24) is 14.8 Å². The third-order valence-corrected chi connectivity index (χ3v) is 3.17. The molecule has 0 N–H and O–H groups in total. The van der Waals surface area contributed by atoms with Crippen molar-refractivity contribution in [2.24, 2.45) is 7.05 Å². The highest BCUT2D eigenvalue weighted by Gasteiger charge is 1.93. The van der Waals surface area contributed by atoms with Crippen molar-refractivity contribution in [3.05, 3.63) is 73.1 Å². The molecule has 0 fully saturated rings. The summed E-state index contributed by atoms with van der Waals surface area (Å²) < 4.78 is 1.87. The first-order valence-electron chi connectivity index (χ1n) is 6.51. The fourth-order valence-electron chi connectivity index (χ4n) is 2.12. The first-order valence-corrected chi connectivity index (χ1v) is 6.51. The maximum absolute atomic E-state index is 4.18. The molecule has 3 heteroatoms. The van der Waals surface area contributed by atoms with Crippen molar-refractivity contribution < 1.29 is 0 Å². The van der Waals surface area contributed by atoms with E-state index in [0.29, 0.717) is 0 Å². The highest BCUT2D eigenvalue weighted by Crippen LogP contribution is 2.10. The van der Waals surface area contributed by atoms with Gasteiger partial charge in [-0.05, 0) is 18.2 Å². The average Bonchev–Trinajstić information content (AvgIpc) is 2.90. The SMILES string of the molecule is Cn1ncc2ccccc21.c1ccc2ncccc2c1. The highest BCUT2D eigenvalue weighted by atomic mass is 15.2. The summed E-state index contributed by atoms with van der Waals surface area (Å²) in [7, 11) is 1.95. The monoisotopic (exact) mass is 261 g/mol. The molecule has 98 valence electrons. The molecule has 3 nitrogen and oxygen atoms in total. The third-order valence-electron chi connectivity index (χ3n) is 3.17. The van der Waals surface area contributed by atoms with Crippen LogP contribution in [0.15, 0.2) is 73.1 Å². The Balaban J connectivity index is 0.000000121. The Morgan fingerprint density at radius 2 is 1.50 bits per heavy atom. The van der Waals surface area contributed by atoms with E-state index in [4.69, 9.17) is 0 Å². The van der Waals surface area contributed by atoms with Gasteiger partial charge in [-0.15, -0.1) is 0 Å². The molecule has 0 amide bonds. The minimum atomic E-state index is 1.06. The van der Waals surface area contributed by atoms with Crippen molar-refractivity contribution in [2.75, 3.05) is 0 Å². The van der Waals surface area contributed by atoms with Crippen molar-refractivity contribution in [3.8, 4) is 0 Å². The first-order chi connectivity index (χ1) is 9.84. The van der Waals surface area contributed by atoms with Crippen LogP contribution in [0.25, 0.3) is 21.8 Å². The fraction of sp³-hybridized carbons (Fsp3) is 0.0588. The fourth-order valence-corrected chi connectivity index (χ4v) is 2.12. The number of aryl methyl sites for hydroxylation is 1. The predicted octanol–water partition coefficient (Wildman–Crippen LogP) is 3.81. The smallest absolute Gasteiger partial charge is 0.0701 e. The number of hydrogen-bond acceptors (Lipinski definition) is 2. The lowest BCUT2D eigenvalue weighted by molar-refractivity contribution is 0.797. The standard InChI is InChI=1S/C9H7N.C8H8N2/c1-2-6-9-8(4-1)5-3-7-10-9;1-10-8-5-3-2-4-7(8)6-9-10/h1-7H;2-6H,1H3. The second-order valence-corrected chi connectivity index (χ2v) is 4.52. The zero-order chi connectivity index (χ0) is 13.8. The van der Waals surface area contributed by atoms with Gasteiger partial charge in [-0.3, -0.25) is 9.67 Å². The molecular formula is C17H15N3. The minimum Gasteiger partial charge on any atom is -0.268 e. The lowest BCUT2D eigenvalue weighted by Crippen LogP contribution is -1.87. The van der Waals surface area contributed by atoms with Crippen molar-refractivity contribution in [2.45, 2.75) is 0 Å². The largest absolute Gasteiger partial charge is 0.268 e. The van der Waals surface area contributed by atoms with Crippen LogP contribution in [0.5, 0.6) is 0 Å². The number of fused-ring (bicyclic) bond motifs is 2. The van der Waals surface area contributed by atoms with Gasteiger partial charge in [0.05, 0.1) is 17.2 Å². The Kier molecular flexibility index (Phi) is 3.42. The summed E-state index contributed by atoms with van der Waals surface area (Å²) in [4.78, 5) is 4.18. The average molecular weight is 261 g/mol. The van der Waals surface area contributed by atoms with E-state index in [-0.39, 0.29) is 0 Å². The van der Waals surface area contributed by atoms with Crippen LogP contribution in [0.3, 0.4) is 0 Å². The van der Waals surface area contributed by atoms with Crippen LogP contribution in [0.4, 0.5) is 0 Å². The number of nitrogens with zero attached hydrogens (tertiary/aromatic N) is 3. The van der Waals surface area contributed by atoms with E-state index in [1.54, 1.807) is 0 Å². The molecule has 0 saturated carbocycles. The topological polar surface area (TPSA) is 30.7 Å². The van der Waals surface area contributed by atoms with Crippen LogP contribution in [0.2, 0.25) is 0 Å². The van der Waals surface area contributed by atoms with Gasteiger partial charge in [0, 0.05) is 24.0 Å². The van der Waals surface area contributed by atoms with Crippen molar-refractivity contribution in [3.63, 3.8) is 0 Å². The van der Waals surface area contributed by atoms with E-state index in [1.807, 2.05) is 60.5 Å². The number of pyridine rings is 1. The van der Waals surface area contributed by atoms with E-state index >= 15 is 0 Å². The van der Waals surface area contributed by atoms with Crippen LogP contribution >= 0.6 is 0 Å². The number of hydrogen-bond donors (Lipinski definition) is 0. The molecule has 0 spiro atoms. The molecule has 20 heavy (non-hydrogen) atoms. The highest BCUT2D eigenvalue weighted by molar-refractivity contribution is 5.78. The Labute approximate surface area is 117 Å². The van der Waals surface area contributed by atoms with E-state index in [9.17, 15) is 0 Å². The molecule has 0 aliphatic rings. The molecule has 4 rings (SSSR count).